The van der Waals surface area contributed by atoms with Crippen LogP contribution in [0.3, 0.4) is 0 Å². The summed E-state index contributed by atoms with van der Waals surface area (Å²) < 4.78 is 0. The lowest BCUT2D eigenvalue weighted by molar-refractivity contribution is -0.117. The number of amides is 1. The van der Waals surface area contributed by atoms with Crippen molar-refractivity contribution in [1.29, 1.82) is 0 Å². The summed E-state index contributed by atoms with van der Waals surface area (Å²) in [6.45, 7) is 2.84. The molecule has 2 heterocycles. The molecule has 0 aromatic carbocycles. The van der Waals surface area contributed by atoms with Gasteiger partial charge in [0.2, 0.25) is 11.0 Å². The van der Waals surface area contributed by atoms with E-state index in [1.54, 1.807) is 4.90 Å². The standard InChI is InChI=1S/C11H16ClN3OS/c1-2-3-4-9-13-14-11(17-9)15-7-8(6-12)5-10(15)16/h8H,2-7H2,1H3. The number of aromatic nitrogens is 2. The maximum Gasteiger partial charge on any atom is 0.229 e. The van der Waals surface area contributed by atoms with Gasteiger partial charge in [-0.3, -0.25) is 9.69 Å². The van der Waals surface area contributed by atoms with Crippen molar-refractivity contribution in [1.82, 2.24) is 10.2 Å². The van der Waals surface area contributed by atoms with E-state index >= 15 is 0 Å². The van der Waals surface area contributed by atoms with Gasteiger partial charge in [0.15, 0.2) is 0 Å². The molecule has 17 heavy (non-hydrogen) atoms. The van der Waals surface area contributed by atoms with Gasteiger partial charge in [-0.25, -0.2) is 0 Å². The Balaban J connectivity index is 2.02. The van der Waals surface area contributed by atoms with Crippen LogP contribution in [0.4, 0.5) is 5.13 Å². The highest BCUT2D eigenvalue weighted by molar-refractivity contribution is 7.15. The minimum atomic E-state index is 0.119. The molecule has 0 saturated carbocycles. The summed E-state index contributed by atoms with van der Waals surface area (Å²) in [6.07, 6.45) is 3.75. The lowest BCUT2D eigenvalue weighted by Gasteiger charge is -2.10. The van der Waals surface area contributed by atoms with Crippen LogP contribution in [0.15, 0.2) is 0 Å². The molecule has 1 aliphatic heterocycles. The average Bonchev–Trinajstić information content (AvgIpc) is 2.92. The predicted octanol–water partition coefficient (Wildman–Crippen LogP) is 2.47. The molecule has 94 valence electrons. The number of aryl methyl sites for hydroxylation is 1. The molecule has 1 aromatic heterocycles. The van der Waals surface area contributed by atoms with Crippen molar-refractivity contribution in [3.8, 4) is 0 Å². The molecule has 2 rings (SSSR count). The van der Waals surface area contributed by atoms with E-state index in [-0.39, 0.29) is 11.8 Å². The molecule has 1 saturated heterocycles. The number of anilines is 1. The van der Waals surface area contributed by atoms with Crippen LogP contribution in [0.25, 0.3) is 0 Å². The van der Waals surface area contributed by atoms with Gasteiger partial charge < -0.3 is 0 Å². The highest BCUT2D eigenvalue weighted by atomic mass is 35.5. The minimum Gasteiger partial charge on any atom is -0.286 e. The molecule has 0 bridgehead atoms. The molecule has 1 fully saturated rings. The molecule has 1 atom stereocenters. The Hall–Kier alpha value is -0.680. The quantitative estimate of drug-likeness (QED) is 0.775. The second kappa shape index (κ2) is 5.78. The zero-order chi connectivity index (χ0) is 12.3. The molecule has 1 amide bonds. The Morgan fingerprint density at radius 2 is 2.35 bits per heavy atom. The van der Waals surface area contributed by atoms with E-state index in [1.165, 1.54) is 11.3 Å². The fraction of sp³-hybridized carbons (Fsp3) is 0.727. The second-order valence-electron chi connectivity index (χ2n) is 4.31. The molecular formula is C11H16ClN3OS. The highest BCUT2D eigenvalue weighted by Gasteiger charge is 2.31. The summed E-state index contributed by atoms with van der Waals surface area (Å²) in [5, 5.41) is 9.97. The SMILES string of the molecule is CCCCc1nnc(N2CC(CCl)CC2=O)s1. The van der Waals surface area contributed by atoms with Crippen LogP contribution in [-0.2, 0) is 11.2 Å². The van der Waals surface area contributed by atoms with Crippen molar-refractivity contribution in [2.75, 3.05) is 17.3 Å². The van der Waals surface area contributed by atoms with Gasteiger partial charge in [0.25, 0.3) is 0 Å². The Morgan fingerprint density at radius 3 is 3.00 bits per heavy atom. The van der Waals surface area contributed by atoms with Crippen molar-refractivity contribution in [2.45, 2.75) is 32.6 Å². The van der Waals surface area contributed by atoms with Crippen molar-refractivity contribution in [2.24, 2.45) is 5.92 Å². The third-order valence-electron chi connectivity index (χ3n) is 2.85. The molecule has 4 nitrogen and oxygen atoms in total. The van der Waals surface area contributed by atoms with Crippen LogP contribution in [0.2, 0.25) is 0 Å². The van der Waals surface area contributed by atoms with Crippen molar-refractivity contribution >= 4 is 34.0 Å². The molecule has 6 heteroatoms. The van der Waals surface area contributed by atoms with Crippen LogP contribution in [0, 0.1) is 5.92 Å². The predicted molar refractivity (Wildman–Crippen MR) is 69.7 cm³/mol. The van der Waals surface area contributed by atoms with Crippen LogP contribution in [0.5, 0.6) is 0 Å². The van der Waals surface area contributed by atoms with Crippen molar-refractivity contribution in [3.63, 3.8) is 0 Å². The van der Waals surface area contributed by atoms with Gasteiger partial charge in [-0.05, 0) is 12.3 Å². The normalized spacial score (nSPS) is 20.2. The van der Waals surface area contributed by atoms with Gasteiger partial charge in [-0.2, -0.15) is 0 Å². The number of nitrogens with zero attached hydrogens (tertiary/aromatic N) is 3. The van der Waals surface area contributed by atoms with E-state index in [9.17, 15) is 4.79 Å². The number of unbranched alkanes of at least 4 members (excludes halogenated alkanes) is 1. The van der Waals surface area contributed by atoms with Gasteiger partial charge in [-0.15, -0.1) is 21.8 Å². The van der Waals surface area contributed by atoms with E-state index in [1.807, 2.05) is 0 Å². The highest BCUT2D eigenvalue weighted by Crippen LogP contribution is 2.28. The monoisotopic (exact) mass is 273 g/mol. The Bertz CT molecular complexity index is 396. The topological polar surface area (TPSA) is 46.1 Å². The number of carbonyl (C=O) groups excluding carboxylic acids is 1. The van der Waals surface area contributed by atoms with Crippen LogP contribution in [0.1, 0.15) is 31.2 Å². The Kier molecular flexibility index (Phi) is 4.34. The summed E-state index contributed by atoms with van der Waals surface area (Å²) in [5.41, 5.74) is 0. The number of alkyl halides is 1. The zero-order valence-corrected chi connectivity index (χ0v) is 11.4. The van der Waals surface area contributed by atoms with Crippen LogP contribution in [-0.4, -0.2) is 28.5 Å². The number of carbonyl (C=O) groups is 1. The summed E-state index contributed by atoms with van der Waals surface area (Å²) in [4.78, 5) is 13.5. The fourth-order valence-corrected chi connectivity index (χ4v) is 2.97. The molecule has 0 N–H and O–H groups in total. The van der Waals surface area contributed by atoms with Crippen molar-refractivity contribution < 1.29 is 4.79 Å². The largest absolute Gasteiger partial charge is 0.286 e. The van der Waals surface area contributed by atoms with Crippen LogP contribution < -0.4 is 4.90 Å². The summed E-state index contributed by atoms with van der Waals surface area (Å²) in [6, 6.07) is 0. The molecular weight excluding hydrogens is 258 g/mol. The molecule has 1 aromatic rings. The molecule has 0 spiro atoms. The van der Waals surface area contributed by atoms with Gasteiger partial charge in [0, 0.05) is 25.3 Å². The third-order valence-corrected chi connectivity index (χ3v) is 4.30. The maximum atomic E-state index is 11.8. The maximum absolute atomic E-state index is 11.8. The summed E-state index contributed by atoms with van der Waals surface area (Å²) in [7, 11) is 0. The lowest BCUT2D eigenvalue weighted by Crippen LogP contribution is -2.24. The van der Waals surface area contributed by atoms with E-state index < -0.39 is 0 Å². The number of hydrogen-bond donors (Lipinski definition) is 0. The van der Waals surface area contributed by atoms with Crippen LogP contribution >= 0.6 is 22.9 Å². The van der Waals surface area contributed by atoms with Crippen molar-refractivity contribution in [3.05, 3.63) is 5.01 Å². The number of rotatable bonds is 5. The van der Waals surface area contributed by atoms with Gasteiger partial charge >= 0.3 is 0 Å². The first kappa shape index (κ1) is 12.8. The van der Waals surface area contributed by atoms with Gasteiger partial charge in [-0.1, -0.05) is 24.7 Å². The number of hydrogen-bond acceptors (Lipinski definition) is 4. The molecule has 0 radical (unpaired) electrons. The number of halogens is 1. The Morgan fingerprint density at radius 1 is 1.53 bits per heavy atom. The third kappa shape index (κ3) is 2.96. The minimum absolute atomic E-state index is 0.119. The Labute approximate surface area is 110 Å². The van der Waals surface area contributed by atoms with E-state index in [2.05, 4.69) is 17.1 Å². The fourth-order valence-electron chi connectivity index (χ4n) is 1.85. The summed E-state index contributed by atoms with van der Waals surface area (Å²) >= 11 is 7.31. The van der Waals surface area contributed by atoms with Gasteiger partial charge in [0.1, 0.15) is 5.01 Å². The zero-order valence-electron chi connectivity index (χ0n) is 9.86. The molecule has 0 aliphatic carbocycles. The first-order chi connectivity index (χ1) is 8.24. The lowest BCUT2D eigenvalue weighted by atomic mass is 10.2. The van der Waals surface area contributed by atoms with Gasteiger partial charge in [0.05, 0.1) is 0 Å². The van der Waals surface area contributed by atoms with E-state index in [0.717, 1.165) is 29.4 Å². The molecule has 1 aliphatic rings. The summed E-state index contributed by atoms with van der Waals surface area (Å²) in [5.74, 6) is 0.907. The first-order valence-corrected chi connectivity index (χ1v) is 7.28. The second-order valence-corrected chi connectivity index (χ2v) is 5.66. The smallest absolute Gasteiger partial charge is 0.229 e. The molecule has 1 unspecified atom stereocenters. The van der Waals surface area contributed by atoms with E-state index in [4.69, 9.17) is 11.6 Å². The first-order valence-electron chi connectivity index (χ1n) is 5.93. The van der Waals surface area contributed by atoms with E-state index in [0.29, 0.717) is 18.8 Å². The average molecular weight is 274 g/mol.